The number of carboxylic acids is 1. The molecule has 2 N–H and O–H groups in total. The first-order chi connectivity index (χ1) is 7.50. The van der Waals surface area contributed by atoms with Crippen molar-refractivity contribution in [3.8, 4) is 0 Å². The van der Waals surface area contributed by atoms with Crippen LogP contribution in [-0.4, -0.2) is 22.5 Å². The van der Waals surface area contributed by atoms with Crippen LogP contribution in [0.2, 0.25) is 0 Å². The molecular formula is C13H25NO3. The molecule has 0 saturated carbocycles. The molecule has 0 saturated heterocycles. The van der Waals surface area contributed by atoms with Crippen molar-refractivity contribution >= 4 is 11.9 Å². The number of aliphatic carboxylic acids is 1. The van der Waals surface area contributed by atoms with Gasteiger partial charge in [-0.15, -0.1) is 0 Å². The minimum absolute atomic E-state index is 0.0852. The Hall–Kier alpha value is -1.06. The van der Waals surface area contributed by atoms with E-state index in [1.165, 1.54) is 0 Å². The largest absolute Gasteiger partial charge is 0.481 e. The second-order valence-corrected chi connectivity index (χ2v) is 6.04. The highest BCUT2D eigenvalue weighted by molar-refractivity contribution is 5.80. The van der Waals surface area contributed by atoms with Crippen LogP contribution < -0.4 is 5.32 Å². The van der Waals surface area contributed by atoms with Gasteiger partial charge < -0.3 is 10.4 Å². The Labute approximate surface area is 104 Å². The van der Waals surface area contributed by atoms with E-state index in [2.05, 4.69) is 19.2 Å². The zero-order chi connectivity index (χ0) is 13.9. The predicted molar refractivity (Wildman–Crippen MR) is 67.7 cm³/mol. The number of hydrogen-bond acceptors (Lipinski definition) is 2. The van der Waals surface area contributed by atoms with Gasteiger partial charge in [0.2, 0.25) is 5.91 Å². The summed E-state index contributed by atoms with van der Waals surface area (Å²) < 4.78 is 0. The lowest BCUT2D eigenvalue weighted by molar-refractivity contribution is -0.151. The molecule has 0 aliphatic carbocycles. The Kier molecular flexibility index (Phi) is 5.17. The van der Waals surface area contributed by atoms with Crippen LogP contribution >= 0.6 is 0 Å². The van der Waals surface area contributed by atoms with E-state index in [0.717, 1.165) is 6.42 Å². The third-order valence-corrected chi connectivity index (χ3v) is 3.50. The molecule has 0 aliphatic heterocycles. The van der Waals surface area contributed by atoms with E-state index in [9.17, 15) is 9.59 Å². The Morgan fingerprint density at radius 2 is 1.65 bits per heavy atom. The first-order valence-electron chi connectivity index (χ1n) is 6.05. The lowest BCUT2D eigenvalue weighted by atomic mass is 9.74. The molecule has 1 amide bonds. The average molecular weight is 243 g/mol. The van der Waals surface area contributed by atoms with E-state index in [0.29, 0.717) is 12.3 Å². The lowest BCUT2D eigenvalue weighted by Crippen LogP contribution is -2.56. The van der Waals surface area contributed by atoms with Gasteiger partial charge in [0.1, 0.15) is 0 Å². The smallest absolute Gasteiger partial charge is 0.311 e. The number of carboxylic acid groups (broad SMARTS) is 1. The van der Waals surface area contributed by atoms with E-state index in [1.54, 1.807) is 27.7 Å². The fourth-order valence-corrected chi connectivity index (χ4v) is 1.25. The monoisotopic (exact) mass is 243 g/mol. The van der Waals surface area contributed by atoms with Gasteiger partial charge in [0, 0.05) is 12.0 Å². The van der Waals surface area contributed by atoms with Crippen molar-refractivity contribution in [3.05, 3.63) is 0 Å². The van der Waals surface area contributed by atoms with Crippen LogP contribution in [0.3, 0.4) is 0 Å². The summed E-state index contributed by atoms with van der Waals surface area (Å²) in [7, 11) is 0. The number of rotatable bonds is 6. The fraction of sp³-hybridized carbons (Fsp3) is 0.846. The Bertz CT molecular complexity index is 293. The fourth-order valence-electron chi connectivity index (χ4n) is 1.25. The number of amides is 1. The van der Waals surface area contributed by atoms with Crippen LogP contribution in [0.15, 0.2) is 0 Å². The molecule has 0 atom stereocenters. The Balaban J connectivity index is 4.54. The van der Waals surface area contributed by atoms with Gasteiger partial charge in [0.15, 0.2) is 0 Å². The molecule has 0 bridgehead atoms. The second kappa shape index (κ2) is 5.52. The van der Waals surface area contributed by atoms with Gasteiger partial charge in [-0.1, -0.05) is 13.8 Å². The van der Waals surface area contributed by atoms with Crippen LogP contribution in [0.25, 0.3) is 0 Å². The van der Waals surface area contributed by atoms with Gasteiger partial charge in [-0.3, -0.25) is 9.59 Å². The van der Waals surface area contributed by atoms with Crippen molar-refractivity contribution in [2.45, 2.75) is 59.9 Å². The van der Waals surface area contributed by atoms with Crippen molar-refractivity contribution in [2.75, 3.05) is 0 Å². The first kappa shape index (κ1) is 15.9. The molecule has 17 heavy (non-hydrogen) atoms. The lowest BCUT2D eigenvalue weighted by Gasteiger charge is -2.38. The van der Waals surface area contributed by atoms with Gasteiger partial charge in [-0.25, -0.2) is 0 Å². The molecule has 0 radical (unpaired) electrons. The summed E-state index contributed by atoms with van der Waals surface area (Å²) in [5.74, 6) is -0.527. The van der Waals surface area contributed by atoms with Crippen molar-refractivity contribution in [1.82, 2.24) is 5.32 Å². The zero-order valence-electron chi connectivity index (χ0n) is 11.8. The minimum Gasteiger partial charge on any atom is -0.481 e. The quantitative estimate of drug-likeness (QED) is 0.753. The summed E-state index contributed by atoms with van der Waals surface area (Å²) in [4.78, 5) is 22.9. The predicted octanol–water partition coefficient (Wildman–Crippen LogP) is 2.43. The molecule has 0 aliphatic rings. The summed E-state index contributed by atoms with van der Waals surface area (Å²) in [5, 5.41) is 12.0. The highest BCUT2D eigenvalue weighted by Crippen LogP contribution is 2.30. The number of carbonyl (C=O) groups is 2. The average Bonchev–Trinajstić information content (AvgIpc) is 2.13. The molecule has 0 aromatic rings. The number of nitrogens with one attached hydrogen (secondary N) is 1. The standard InChI is InChI=1S/C13H25NO3/c1-9(2)7-8-10(15)14-13(5,6)12(3,4)11(16)17/h9H,7-8H2,1-6H3,(H,14,15)(H,16,17). The highest BCUT2D eigenvalue weighted by Gasteiger charge is 2.44. The SMILES string of the molecule is CC(C)CCC(=O)NC(C)(C)C(C)(C)C(=O)O. The maximum absolute atomic E-state index is 11.7. The van der Waals surface area contributed by atoms with Gasteiger partial charge in [0.25, 0.3) is 0 Å². The summed E-state index contributed by atoms with van der Waals surface area (Å²) >= 11 is 0. The molecule has 0 spiro atoms. The number of carbonyl (C=O) groups excluding carboxylic acids is 1. The van der Waals surface area contributed by atoms with Crippen LogP contribution in [0.4, 0.5) is 0 Å². The molecule has 0 rings (SSSR count). The zero-order valence-corrected chi connectivity index (χ0v) is 11.8. The van der Waals surface area contributed by atoms with Crippen molar-refractivity contribution in [2.24, 2.45) is 11.3 Å². The molecule has 0 aromatic carbocycles. The van der Waals surface area contributed by atoms with Gasteiger partial charge in [-0.2, -0.15) is 0 Å². The minimum atomic E-state index is -1.000. The second-order valence-electron chi connectivity index (χ2n) is 6.04. The van der Waals surface area contributed by atoms with E-state index in [-0.39, 0.29) is 5.91 Å². The van der Waals surface area contributed by atoms with Crippen LogP contribution in [-0.2, 0) is 9.59 Å². The van der Waals surface area contributed by atoms with Crippen LogP contribution in [0, 0.1) is 11.3 Å². The van der Waals surface area contributed by atoms with E-state index >= 15 is 0 Å². The molecule has 0 unspecified atom stereocenters. The molecule has 4 nitrogen and oxygen atoms in total. The molecule has 0 heterocycles. The summed E-state index contributed by atoms with van der Waals surface area (Å²) in [6, 6.07) is 0. The highest BCUT2D eigenvalue weighted by atomic mass is 16.4. The Morgan fingerprint density at radius 3 is 2.00 bits per heavy atom. The first-order valence-corrected chi connectivity index (χ1v) is 6.05. The Morgan fingerprint density at radius 1 is 1.18 bits per heavy atom. The van der Waals surface area contributed by atoms with Crippen molar-refractivity contribution in [3.63, 3.8) is 0 Å². The van der Waals surface area contributed by atoms with E-state index in [4.69, 9.17) is 5.11 Å². The van der Waals surface area contributed by atoms with Gasteiger partial charge >= 0.3 is 5.97 Å². The summed E-state index contributed by atoms with van der Waals surface area (Å²) in [6.07, 6.45) is 1.26. The molecule has 4 heteroatoms. The number of hydrogen-bond donors (Lipinski definition) is 2. The van der Waals surface area contributed by atoms with Gasteiger partial charge in [0.05, 0.1) is 5.41 Å². The molecule has 100 valence electrons. The summed E-state index contributed by atoms with van der Waals surface area (Å²) in [5.41, 5.74) is -1.77. The van der Waals surface area contributed by atoms with Crippen molar-refractivity contribution < 1.29 is 14.7 Å². The van der Waals surface area contributed by atoms with Crippen LogP contribution in [0.5, 0.6) is 0 Å². The van der Waals surface area contributed by atoms with Crippen molar-refractivity contribution in [1.29, 1.82) is 0 Å². The normalized spacial score (nSPS) is 12.6. The third-order valence-electron chi connectivity index (χ3n) is 3.50. The topological polar surface area (TPSA) is 66.4 Å². The molecule has 0 aromatic heterocycles. The van der Waals surface area contributed by atoms with E-state index < -0.39 is 16.9 Å². The summed E-state index contributed by atoms with van der Waals surface area (Å²) in [6.45, 7) is 10.8. The third kappa shape index (κ3) is 4.36. The van der Waals surface area contributed by atoms with Crippen LogP contribution in [0.1, 0.15) is 54.4 Å². The maximum atomic E-state index is 11.7. The molecular weight excluding hydrogens is 218 g/mol. The van der Waals surface area contributed by atoms with Gasteiger partial charge in [-0.05, 0) is 40.0 Å². The maximum Gasteiger partial charge on any atom is 0.311 e. The van der Waals surface area contributed by atoms with E-state index in [1.807, 2.05) is 0 Å². The molecule has 0 fully saturated rings.